The van der Waals surface area contributed by atoms with Gasteiger partial charge in [0.1, 0.15) is 5.60 Å². The zero-order valence-electron chi connectivity index (χ0n) is 11.0. The minimum Gasteiger partial charge on any atom is -0.550 e. The molecule has 0 bridgehead atoms. The lowest BCUT2D eigenvalue weighted by Gasteiger charge is -2.23. The predicted octanol–water partition coefficient (Wildman–Crippen LogP) is 1.21. The molecule has 0 heterocycles. The van der Waals surface area contributed by atoms with Crippen molar-refractivity contribution in [2.75, 3.05) is 0 Å². The van der Waals surface area contributed by atoms with Gasteiger partial charge in [0, 0.05) is 18.4 Å². The van der Waals surface area contributed by atoms with Gasteiger partial charge in [0.05, 0.1) is 0 Å². The number of hydrogen-bond donors (Lipinski definition) is 1. The number of carbonyl (C=O) groups is 2. The summed E-state index contributed by atoms with van der Waals surface area (Å²) in [6, 6.07) is -0.421. The molecule has 1 atom stereocenters. The standard InChI is InChI=1S/C12H23NO4/c1-5-6-7-9(8-10(14)15)13-11(16)17-12(2,3)4/h9H,5-8H2,1-4H3,(H,13,16)(H,14,15)/p-1/t9-/m1/s1. The molecule has 0 aliphatic rings. The van der Waals surface area contributed by atoms with Crippen molar-refractivity contribution >= 4 is 12.1 Å². The number of amides is 1. The van der Waals surface area contributed by atoms with Crippen LogP contribution in [0.1, 0.15) is 53.4 Å². The third-order valence-corrected chi connectivity index (χ3v) is 2.04. The highest BCUT2D eigenvalue weighted by Gasteiger charge is 2.19. The van der Waals surface area contributed by atoms with Crippen LogP contribution in [0.15, 0.2) is 0 Å². The molecule has 1 N–H and O–H groups in total. The van der Waals surface area contributed by atoms with Gasteiger partial charge in [0.15, 0.2) is 0 Å². The van der Waals surface area contributed by atoms with Gasteiger partial charge < -0.3 is 20.0 Å². The molecule has 1 amide bonds. The van der Waals surface area contributed by atoms with Crippen LogP contribution in [-0.2, 0) is 9.53 Å². The molecule has 5 nitrogen and oxygen atoms in total. The van der Waals surface area contributed by atoms with E-state index in [2.05, 4.69) is 5.32 Å². The van der Waals surface area contributed by atoms with Crippen molar-refractivity contribution in [3.05, 3.63) is 0 Å². The molecule has 0 saturated carbocycles. The molecule has 0 fully saturated rings. The molecule has 0 aromatic heterocycles. The first-order valence-corrected chi connectivity index (χ1v) is 5.94. The second-order valence-electron chi connectivity index (χ2n) is 5.06. The van der Waals surface area contributed by atoms with Crippen LogP contribution in [0.25, 0.3) is 0 Å². The first kappa shape index (κ1) is 15.7. The zero-order valence-corrected chi connectivity index (χ0v) is 11.0. The molecule has 0 aliphatic heterocycles. The first-order chi connectivity index (χ1) is 7.74. The fraction of sp³-hybridized carbons (Fsp3) is 0.833. The SMILES string of the molecule is CCCC[C@H](CC(=O)[O-])NC(=O)OC(C)(C)C. The fourth-order valence-corrected chi connectivity index (χ4v) is 1.35. The van der Waals surface area contributed by atoms with Crippen LogP contribution in [-0.4, -0.2) is 23.7 Å². The van der Waals surface area contributed by atoms with Crippen LogP contribution < -0.4 is 10.4 Å². The number of nitrogens with one attached hydrogen (secondary N) is 1. The fourth-order valence-electron chi connectivity index (χ4n) is 1.35. The van der Waals surface area contributed by atoms with E-state index in [4.69, 9.17) is 4.74 Å². The molecule has 0 aromatic rings. The Morgan fingerprint density at radius 2 is 1.94 bits per heavy atom. The lowest BCUT2D eigenvalue weighted by Crippen LogP contribution is -2.42. The minimum absolute atomic E-state index is 0.181. The number of hydrogen-bond acceptors (Lipinski definition) is 4. The normalized spacial score (nSPS) is 12.9. The molecule has 100 valence electrons. The molecule has 0 spiro atoms. The number of carboxylic acid groups (broad SMARTS) is 1. The second kappa shape index (κ2) is 7.14. The van der Waals surface area contributed by atoms with Gasteiger partial charge >= 0.3 is 6.09 Å². The molecular weight excluding hydrogens is 222 g/mol. The minimum atomic E-state index is -1.16. The number of alkyl carbamates (subject to hydrolysis) is 1. The van der Waals surface area contributed by atoms with Crippen LogP contribution >= 0.6 is 0 Å². The molecule has 17 heavy (non-hydrogen) atoms. The Balaban J connectivity index is 4.21. The van der Waals surface area contributed by atoms with Gasteiger partial charge in [-0.1, -0.05) is 19.8 Å². The Hall–Kier alpha value is -1.26. The van der Waals surface area contributed by atoms with Crippen LogP contribution in [0.5, 0.6) is 0 Å². The summed E-state index contributed by atoms with van der Waals surface area (Å²) in [5.74, 6) is -1.16. The van der Waals surface area contributed by atoms with Crippen molar-refractivity contribution in [2.24, 2.45) is 0 Å². The number of rotatable bonds is 6. The Morgan fingerprint density at radius 3 is 2.35 bits per heavy atom. The van der Waals surface area contributed by atoms with Crippen LogP contribution in [0.3, 0.4) is 0 Å². The maximum absolute atomic E-state index is 11.5. The number of ether oxygens (including phenoxy) is 1. The molecule has 0 aliphatic carbocycles. The van der Waals surface area contributed by atoms with Gasteiger partial charge in [-0.3, -0.25) is 0 Å². The summed E-state index contributed by atoms with van der Waals surface area (Å²) in [4.78, 5) is 22.0. The summed E-state index contributed by atoms with van der Waals surface area (Å²) in [7, 11) is 0. The van der Waals surface area contributed by atoms with Crippen LogP contribution in [0, 0.1) is 0 Å². The van der Waals surface area contributed by atoms with E-state index < -0.39 is 23.7 Å². The third-order valence-electron chi connectivity index (χ3n) is 2.04. The summed E-state index contributed by atoms with van der Waals surface area (Å²) in [6.07, 6.45) is 1.65. The maximum Gasteiger partial charge on any atom is 0.407 e. The number of unbranched alkanes of at least 4 members (excludes halogenated alkanes) is 1. The van der Waals surface area contributed by atoms with E-state index in [0.717, 1.165) is 12.8 Å². The topological polar surface area (TPSA) is 78.5 Å². The first-order valence-electron chi connectivity index (χ1n) is 5.94. The van der Waals surface area contributed by atoms with Gasteiger partial charge in [-0.15, -0.1) is 0 Å². The van der Waals surface area contributed by atoms with Crippen molar-refractivity contribution in [2.45, 2.75) is 65.0 Å². The highest BCUT2D eigenvalue weighted by Crippen LogP contribution is 2.09. The molecule has 0 radical (unpaired) electrons. The summed E-state index contributed by atoms with van der Waals surface area (Å²) in [6.45, 7) is 7.27. The van der Waals surface area contributed by atoms with Crippen molar-refractivity contribution in [1.29, 1.82) is 0 Å². The number of carbonyl (C=O) groups excluding carboxylic acids is 2. The maximum atomic E-state index is 11.5. The summed E-state index contributed by atoms with van der Waals surface area (Å²) < 4.78 is 5.07. The Labute approximate surface area is 103 Å². The van der Waals surface area contributed by atoms with Gasteiger partial charge in [-0.05, 0) is 27.2 Å². The van der Waals surface area contributed by atoms with Crippen LogP contribution in [0.2, 0.25) is 0 Å². The lowest BCUT2D eigenvalue weighted by molar-refractivity contribution is -0.306. The highest BCUT2D eigenvalue weighted by molar-refractivity contribution is 5.70. The van der Waals surface area contributed by atoms with Gasteiger partial charge in [0.25, 0.3) is 0 Å². The van der Waals surface area contributed by atoms with E-state index in [1.54, 1.807) is 20.8 Å². The average Bonchev–Trinajstić information content (AvgIpc) is 2.09. The molecule has 0 aromatic carbocycles. The molecule has 5 heteroatoms. The summed E-state index contributed by atoms with van der Waals surface area (Å²) in [5, 5.41) is 13.1. The van der Waals surface area contributed by atoms with Gasteiger partial charge in [0.2, 0.25) is 0 Å². The Bertz CT molecular complexity index is 258. The van der Waals surface area contributed by atoms with E-state index in [-0.39, 0.29) is 6.42 Å². The highest BCUT2D eigenvalue weighted by atomic mass is 16.6. The van der Waals surface area contributed by atoms with Gasteiger partial charge in [-0.2, -0.15) is 0 Å². The Kier molecular flexibility index (Phi) is 6.61. The second-order valence-corrected chi connectivity index (χ2v) is 5.06. The van der Waals surface area contributed by atoms with E-state index in [1.807, 2.05) is 6.92 Å². The van der Waals surface area contributed by atoms with E-state index in [0.29, 0.717) is 6.42 Å². The van der Waals surface area contributed by atoms with Crippen molar-refractivity contribution in [3.63, 3.8) is 0 Å². The quantitative estimate of drug-likeness (QED) is 0.761. The van der Waals surface area contributed by atoms with E-state index in [1.165, 1.54) is 0 Å². The van der Waals surface area contributed by atoms with E-state index >= 15 is 0 Å². The largest absolute Gasteiger partial charge is 0.550 e. The number of aliphatic carboxylic acids is 1. The molecule has 0 saturated heterocycles. The smallest absolute Gasteiger partial charge is 0.407 e. The van der Waals surface area contributed by atoms with Crippen LogP contribution in [0.4, 0.5) is 4.79 Å². The van der Waals surface area contributed by atoms with Crippen molar-refractivity contribution in [1.82, 2.24) is 5.32 Å². The molecular formula is C12H22NO4-. The van der Waals surface area contributed by atoms with Crippen molar-refractivity contribution < 1.29 is 19.4 Å². The summed E-state index contributed by atoms with van der Waals surface area (Å²) in [5.41, 5.74) is -0.582. The van der Waals surface area contributed by atoms with E-state index in [9.17, 15) is 14.7 Å². The monoisotopic (exact) mass is 244 g/mol. The number of carboxylic acids is 1. The zero-order chi connectivity index (χ0) is 13.5. The predicted molar refractivity (Wildman–Crippen MR) is 62.3 cm³/mol. The third kappa shape index (κ3) is 9.66. The average molecular weight is 244 g/mol. The molecule has 0 rings (SSSR count). The Morgan fingerprint density at radius 1 is 1.35 bits per heavy atom. The van der Waals surface area contributed by atoms with Crippen molar-refractivity contribution in [3.8, 4) is 0 Å². The lowest BCUT2D eigenvalue weighted by atomic mass is 10.1. The molecule has 0 unspecified atom stereocenters. The van der Waals surface area contributed by atoms with Gasteiger partial charge in [-0.25, -0.2) is 4.79 Å². The summed E-state index contributed by atoms with van der Waals surface area (Å²) >= 11 is 0.